The summed E-state index contributed by atoms with van der Waals surface area (Å²) in [5, 5.41) is 0.854. The van der Waals surface area contributed by atoms with Crippen molar-refractivity contribution in [3.63, 3.8) is 0 Å². The molecule has 0 spiro atoms. The van der Waals surface area contributed by atoms with Crippen LogP contribution in [0.5, 0.6) is 5.75 Å². The second kappa shape index (κ2) is 6.78. The first-order valence-electron chi connectivity index (χ1n) is 6.01. The lowest BCUT2D eigenvalue weighted by molar-refractivity contribution is -0.158. The predicted octanol–water partition coefficient (Wildman–Crippen LogP) is 3.34. The Morgan fingerprint density at radius 3 is 2.61 bits per heavy atom. The standard InChI is InChI=1S/C14H19BrO3/c1-4-17-13(16)14(2,3)18-12-8-6-5-7-11(12)9-10-15/h5-8H,4,9-10H2,1-3H3. The molecule has 100 valence electrons. The zero-order chi connectivity index (χ0) is 13.6. The molecule has 0 radical (unpaired) electrons. The van der Waals surface area contributed by atoms with Gasteiger partial charge in [0.15, 0.2) is 5.60 Å². The van der Waals surface area contributed by atoms with Gasteiger partial charge >= 0.3 is 5.97 Å². The molecule has 4 heteroatoms. The molecule has 0 saturated carbocycles. The largest absolute Gasteiger partial charge is 0.476 e. The van der Waals surface area contributed by atoms with Crippen LogP contribution in [0.25, 0.3) is 0 Å². The van der Waals surface area contributed by atoms with Crippen molar-refractivity contribution < 1.29 is 14.3 Å². The second-order valence-corrected chi connectivity index (χ2v) is 5.17. The third-order valence-corrected chi connectivity index (χ3v) is 2.87. The lowest BCUT2D eigenvalue weighted by Gasteiger charge is -2.25. The first kappa shape index (κ1) is 15.0. The normalized spacial score (nSPS) is 11.1. The Bertz CT molecular complexity index is 402. The van der Waals surface area contributed by atoms with Crippen LogP contribution in [0.1, 0.15) is 26.3 Å². The molecule has 18 heavy (non-hydrogen) atoms. The molecule has 0 amide bonds. The Kier molecular flexibility index (Phi) is 5.66. The van der Waals surface area contributed by atoms with E-state index in [0.717, 1.165) is 23.1 Å². The first-order valence-corrected chi connectivity index (χ1v) is 7.13. The van der Waals surface area contributed by atoms with Crippen molar-refractivity contribution in [2.75, 3.05) is 11.9 Å². The number of hydrogen-bond acceptors (Lipinski definition) is 3. The topological polar surface area (TPSA) is 35.5 Å². The molecule has 1 aromatic carbocycles. The summed E-state index contributed by atoms with van der Waals surface area (Å²) in [4.78, 5) is 11.8. The molecule has 0 fully saturated rings. The summed E-state index contributed by atoms with van der Waals surface area (Å²) < 4.78 is 10.8. The van der Waals surface area contributed by atoms with Gasteiger partial charge in [0.1, 0.15) is 5.75 Å². The number of carbonyl (C=O) groups excluding carboxylic acids is 1. The van der Waals surface area contributed by atoms with E-state index in [1.807, 2.05) is 24.3 Å². The van der Waals surface area contributed by atoms with Crippen molar-refractivity contribution in [2.24, 2.45) is 0 Å². The summed E-state index contributed by atoms with van der Waals surface area (Å²) >= 11 is 3.41. The van der Waals surface area contributed by atoms with Crippen LogP contribution < -0.4 is 4.74 Å². The van der Waals surface area contributed by atoms with Gasteiger partial charge in [-0.1, -0.05) is 34.1 Å². The molecule has 1 rings (SSSR count). The number of carbonyl (C=O) groups is 1. The SMILES string of the molecule is CCOC(=O)C(C)(C)Oc1ccccc1CCBr. The van der Waals surface area contributed by atoms with E-state index in [1.54, 1.807) is 20.8 Å². The predicted molar refractivity (Wildman–Crippen MR) is 75.3 cm³/mol. The van der Waals surface area contributed by atoms with Gasteiger partial charge in [0.2, 0.25) is 0 Å². The number of rotatable bonds is 6. The van der Waals surface area contributed by atoms with Crippen LogP contribution in [0.2, 0.25) is 0 Å². The van der Waals surface area contributed by atoms with Gasteiger partial charge in [0.05, 0.1) is 6.61 Å². The van der Waals surface area contributed by atoms with E-state index in [2.05, 4.69) is 15.9 Å². The highest BCUT2D eigenvalue weighted by atomic mass is 79.9. The molecule has 0 aromatic heterocycles. The van der Waals surface area contributed by atoms with E-state index in [1.165, 1.54) is 0 Å². The number of hydrogen-bond donors (Lipinski definition) is 0. The lowest BCUT2D eigenvalue weighted by atomic mass is 10.1. The van der Waals surface area contributed by atoms with Crippen LogP contribution in [-0.2, 0) is 16.0 Å². The minimum absolute atomic E-state index is 0.348. The van der Waals surface area contributed by atoms with Gasteiger partial charge in [0.25, 0.3) is 0 Å². The Morgan fingerprint density at radius 2 is 2.00 bits per heavy atom. The number of esters is 1. The van der Waals surface area contributed by atoms with Crippen molar-refractivity contribution in [3.8, 4) is 5.75 Å². The molecule has 0 heterocycles. The van der Waals surface area contributed by atoms with Gasteiger partial charge in [0, 0.05) is 5.33 Å². The average Bonchev–Trinajstić information content (AvgIpc) is 2.32. The highest BCUT2D eigenvalue weighted by Crippen LogP contribution is 2.24. The summed E-state index contributed by atoms with van der Waals surface area (Å²) in [6.45, 7) is 5.58. The average molecular weight is 315 g/mol. The van der Waals surface area contributed by atoms with Gasteiger partial charge in [-0.3, -0.25) is 0 Å². The number of para-hydroxylation sites is 1. The molecule has 0 aliphatic heterocycles. The third kappa shape index (κ3) is 4.02. The fourth-order valence-electron chi connectivity index (χ4n) is 1.53. The number of benzene rings is 1. The zero-order valence-corrected chi connectivity index (χ0v) is 12.6. The third-order valence-electron chi connectivity index (χ3n) is 2.47. The van der Waals surface area contributed by atoms with Crippen molar-refractivity contribution in [3.05, 3.63) is 29.8 Å². The van der Waals surface area contributed by atoms with Crippen LogP contribution >= 0.6 is 15.9 Å². The van der Waals surface area contributed by atoms with Crippen molar-refractivity contribution in [1.29, 1.82) is 0 Å². The summed E-state index contributed by atoms with van der Waals surface area (Å²) in [6.07, 6.45) is 0.856. The fourth-order valence-corrected chi connectivity index (χ4v) is 1.96. The minimum Gasteiger partial charge on any atom is -0.476 e. The quantitative estimate of drug-likeness (QED) is 0.596. The molecule has 0 bridgehead atoms. The summed E-state index contributed by atoms with van der Waals surface area (Å²) in [6, 6.07) is 7.73. The maximum Gasteiger partial charge on any atom is 0.349 e. The first-order chi connectivity index (χ1) is 8.51. The van der Waals surface area contributed by atoms with E-state index in [-0.39, 0.29) is 5.97 Å². The Hall–Kier alpha value is -1.03. The van der Waals surface area contributed by atoms with Crippen molar-refractivity contribution in [2.45, 2.75) is 32.8 Å². The molecule has 3 nitrogen and oxygen atoms in total. The van der Waals surface area contributed by atoms with Crippen LogP contribution in [0.4, 0.5) is 0 Å². The smallest absolute Gasteiger partial charge is 0.349 e. The van der Waals surface area contributed by atoms with E-state index in [9.17, 15) is 4.79 Å². The van der Waals surface area contributed by atoms with Crippen molar-refractivity contribution in [1.82, 2.24) is 0 Å². The monoisotopic (exact) mass is 314 g/mol. The molecular weight excluding hydrogens is 296 g/mol. The maximum absolute atomic E-state index is 11.8. The summed E-state index contributed by atoms with van der Waals surface area (Å²) in [5.41, 5.74) is 0.102. The molecule has 0 unspecified atom stereocenters. The van der Waals surface area contributed by atoms with Gasteiger partial charge < -0.3 is 9.47 Å². The van der Waals surface area contributed by atoms with Gasteiger partial charge in [-0.25, -0.2) is 4.79 Å². The number of aryl methyl sites for hydroxylation is 1. The fraction of sp³-hybridized carbons (Fsp3) is 0.500. The molecule has 0 aliphatic rings. The zero-order valence-electron chi connectivity index (χ0n) is 11.0. The Labute approximate surface area is 117 Å². The van der Waals surface area contributed by atoms with Crippen LogP contribution in [0.3, 0.4) is 0 Å². The van der Waals surface area contributed by atoms with E-state index in [4.69, 9.17) is 9.47 Å². The summed E-state index contributed by atoms with van der Waals surface area (Å²) in [7, 11) is 0. The van der Waals surface area contributed by atoms with E-state index in [0.29, 0.717) is 6.61 Å². The van der Waals surface area contributed by atoms with Crippen LogP contribution in [-0.4, -0.2) is 23.5 Å². The van der Waals surface area contributed by atoms with Crippen molar-refractivity contribution >= 4 is 21.9 Å². The number of ether oxygens (including phenoxy) is 2. The molecule has 1 aromatic rings. The minimum atomic E-state index is -0.974. The summed E-state index contributed by atoms with van der Waals surface area (Å²) in [5.74, 6) is 0.383. The highest BCUT2D eigenvalue weighted by molar-refractivity contribution is 9.09. The number of halogens is 1. The Morgan fingerprint density at radius 1 is 1.33 bits per heavy atom. The van der Waals surface area contributed by atoms with Gasteiger partial charge in [-0.05, 0) is 38.8 Å². The van der Waals surface area contributed by atoms with Gasteiger partial charge in [-0.15, -0.1) is 0 Å². The van der Waals surface area contributed by atoms with Gasteiger partial charge in [-0.2, -0.15) is 0 Å². The molecule has 0 atom stereocenters. The Balaban J connectivity index is 2.86. The second-order valence-electron chi connectivity index (χ2n) is 4.38. The molecular formula is C14H19BrO3. The van der Waals surface area contributed by atoms with E-state index >= 15 is 0 Å². The maximum atomic E-state index is 11.8. The lowest BCUT2D eigenvalue weighted by Crippen LogP contribution is -2.40. The number of alkyl halides is 1. The highest BCUT2D eigenvalue weighted by Gasteiger charge is 2.32. The van der Waals surface area contributed by atoms with E-state index < -0.39 is 5.60 Å². The van der Waals surface area contributed by atoms with Crippen LogP contribution in [0, 0.1) is 0 Å². The van der Waals surface area contributed by atoms with Crippen LogP contribution in [0.15, 0.2) is 24.3 Å². The molecule has 0 N–H and O–H groups in total. The molecule has 0 aliphatic carbocycles. The molecule has 0 saturated heterocycles.